The molecule has 0 bridgehead atoms. The van der Waals surface area contributed by atoms with E-state index in [1.54, 1.807) is 38.5 Å². The predicted octanol–water partition coefficient (Wildman–Crippen LogP) is 2.98. The lowest BCUT2D eigenvalue weighted by molar-refractivity contribution is -0.385. The summed E-state index contributed by atoms with van der Waals surface area (Å²) < 4.78 is 10.5. The molecule has 7 nitrogen and oxygen atoms in total. The predicted molar refractivity (Wildman–Crippen MR) is 98.4 cm³/mol. The van der Waals surface area contributed by atoms with Crippen LogP contribution in [0.4, 0.5) is 5.69 Å². The van der Waals surface area contributed by atoms with E-state index in [1.165, 1.54) is 18.2 Å². The Morgan fingerprint density at radius 1 is 1.19 bits per heavy atom. The van der Waals surface area contributed by atoms with Crippen molar-refractivity contribution in [2.45, 2.75) is 6.42 Å². The Bertz CT molecular complexity index is 817. The molecule has 2 aromatic carbocycles. The van der Waals surface area contributed by atoms with E-state index >= 15 is 0 Å². The third kappa shape index (κ3) is 5.07. The molecule has 26 heavy (non-hydrogen) atoms. The molecular weight excluding hydrogens is 336 g/mol. The molecule has 0 atom stereocenters. The van der Waals surface area contributed by atoms with E-state index in [-0.39, 0.29) is 11.6 Å². The number of nitro groups is 1. The van der Waals surface area contributed by atoms with Crippen molar-refractivity contribution < 1.29 is 19.2 Å². The van der Waals surface area contributed by atoms with Gasteiger partial charge >= 0.3 is 0 Å². The first-order chi connectivity index (χ1) is 12.5. The van der Waals surface area contributed by atoms with Crippen LogP contribution >= 0.6 is 0 Å². The Morgan fingerprint density at radius 3 is 2.65 bits per heavy atom. The number of hydrogen-bond acceptors (Lipinski definition) is 5. The highest BCUT2D eigenvalue weighted by molar-refractivity contribution is 5.92. The van der Waals surface area contributed by atoms with Gasteiger partial charge in [0.25, 0.3) is 5.69 Å². The summed E-state index contributed by atoms with van der Waals surface area (Å²) in [6, 6.07) is 11.7. The van der Waals surface area contributed by atoms with Crippen LogP contribution in [0.15, 0.2) is 48.5 Å². The van der Waals surface area contributed by atoms with E-state index < -0.39 is 4.92 Å². The average Bonchev–Trinajstić information content (AvgIpc) is 2.66. The van der Waals surface area contributed by atoms with Crippen LogP contribution in [0.25, 0.3) is 6.08 Å². The second-order valence-corrected chi connectivity index (χ2v) is 5.37. The zero-order valence-corrected chi connectivity index (χ0v) is 14.6. The zero-order valence-electron chi connectivity index (χ0n) is 14.6. The van der Waals surface area contributed by atoms with Crippen molar-refractivity contribution in [2.24, 2.45) is 0 Å². The number of nitro benzene ring substituents is 1. The third-order valence-electron chi connectivity index (χ3n) is 3.73. The van der Waals surface area contributed by atoms with Crippen LogP contribution in [0.2, 0.25) is 0 Å². The molecule has 7 heteroatoms. The molecule has 1 amide bonds. The number of carbonyl (C=O) groups is 1. The minimum atomic E-state index is -0.480. The lowest BCUT2D eigenvalue weighted by atomic mass is 10.1. The quantitative estimate of drug-likeness (QED) is 0.446. The minimum Gasteiger partial charge on any atom is -0.497 e. The second-order valence-electron chi connectivity index (χ2n) is 5.37. The first-order valence-electron chi connectivity index (χ1n) is 7.95. The standard InChI is InChI=1S/C19H20N2O5/c1-25-16-8-9-18(26-2)15(13-16)11-12-20-19(22)10-7-14-5-3-4-6-17(14)21(23)24/h3-10,13H,11-12H2,1-2H3,(H,20,22). The van der Waals surface area contributed by atoms with Gasteiger partial charge in [0.05, 0.1) is 24.7 Å². The smallest absolute Gasteiger partial charge is 0.276 e. The van der Waals surface area contributed by atoms with Crippen molar-refractivity contribution in [2.75, 3.05) is 20.8 Å². The average molecular weight is 356 g/mol. The van der Waals surface area contributed by atoms with Crippen molar-refractivity contribution >= 4 is 17.7 Å². The number of amides is 1. The molecule has 0 aliphatic heterocycles. The number of nitrogens with zero attached hydrogens (tertiary/aromatic N) is 1. The van der Waals surface area contributed by atoms with Crippen molar-refractivity contribution in [3.05, 3.63) is 69.8 Å². The number of benzene rings is 2. The normalized spacial score (nSPS) is 10.5. The van der Waals surface area contributed by atoms with Crippen LogP contribution < -0.4 is 14.8 Å². The summed E-state index contributed by atoms with van der Waals surface area (Å²) in [7, 11) is 3.17. The first-order valence-corrected chi connectivity index (χ1v) is 7.95. The maximum atomic E-state index is 11.9. The number of para-hydroxylation sites is 1. The van der Waals surface area contributed by atoms with Gasteiger partial charge in [-0.25, -0.2) is 0 Å². The van der Waals surface area contributed by atoms with Crippen LogP contribution in [-0.2, 0) is 11.2 Å². The van der Waals surface area contributed by atoms with Gasteiger partial charge in [0, 0.05) is 18.7 Å². The summed E-state index contributed by atoms with van der Waals surface area (Å²) in [5, 5.41) is 13.7. The first kappa shape index (κ1) is 19.0. The molecule has 0 aliphatic carbocycles. The van der Waals surface area contributed by atoms with Gasteiger partial charge in [0.1, 0.15) is 11.5 Å². The van der Waals surface area contributed by atoms with Gasteiger partial charge < -0.3 is 14.8 Å². The number of ether oxygens (including phenoxy) is 2. The molecule has 136 valence electrons. The number of methoxy groups -OCH3 is 2. The van der Waals surface area contributed by atoms with Crippen LogP contribution in [0.3, 0.4) is 0 Å². The highest BCUT2D eigenvalue weighted by Gasteiger charge is 2.10. The lowest BCUT2D eigenvalue weighted by Gasteiger charge is -2.10. The van der Waals surface area contributed by atoms with Crippen LogP contribution in [0.5, 0.6) is 11.5 Å². The van der Waals surface area contributed by atoms with Gasteiger partial charge in [0.2, 0.25) is 5.91 Å². The van der Waals surface area contributed by atoms with Gasteiger partial charge in [-0.05, 0) is 42.3 Å². The monoisotopic (exact) mass is 356 g/mol. The molecule has 0 aromatic heterocycles. The summed E-state index contributed by atoms with van der Waals surface area (Å²) >= 11 is 0. The second kappa shape index (κ2) is 9.22. The molecule has 2 aromatic rings. The van der Waals surface area contributed by atoms with E-state index in [0.717, 1.165) is 11.3 Å². The molecule has 0 unspecified atom stereocenters. The van der Waals surface area contributed by atoms with Crippen LogP contribution in [0, 0.1) is 10.1 Å². The number of hydrogen-bond donors (Lipinski definition) is 1. The molecule has 0 saturated heterocycles. The Labute approximate surface area is 151 Å². The lowest BCUT2D eigenvalue weighted by Crippen LogP contribution is -2.23. The van der Waals surface area contributed by atoms with E-state index in [9.17, 15) is 14.9 Å². The highest BCUT2D eigenvalue weighted by Crippen LogP contribution is 2.24. The van der Waals surface area contributed by atoms with Gasteiger partial charge in [-0.1, -0.05) is 12.1 Å². The molecule has 0 spiro atoms. The van der Waals surface area contributed by atoms with E-state index in [4.69, 9.17) is 9.47 Å². The largest absolute Gasteiger partial charge is 0.497 e. The summed E-state index contributed by atoms with van der Waals surface area (Å²) in [6.07, 6.45) is 3.27. The maximum absolute atomic E-state index is 11.9. The third-order valence-corrected chi connectivity index (χ3v) is 3.73. The summed E-state index contributed by atoms with van der Waals surface area (Å²) in [4.78, 5) is 22.4. The summed E-state index contributed by atoms with van der Waals surface area (Å²) in [6.45, 7) is 0.392. The molecule has 0 fully saturated rings. The fourth-order valence-corrected chi connectivity index (χ4v) is 2.42. The van der Waals surface area contributed by atoms with Gasteiger partial charge in [-0.15, -0.1) is 0 Å². The molecule has 0 saturated carbocycles. The fourth-order valence-electron chi connectivity index (χ4n) is 2.42. The minimum absolute atomic E-state index is 0.0438. The SMILES string of the molecule is COc1ccc(OC)c(CCNC(=O)C=Cc2ccccc2[N+](=O)[O-])c1. The van der Waals surface area contributed by atoms with Gasteiger partial charge in [0.15, 0.2) is 0 Å². The fraction of sp³-hybridized carbons (Fsp3) is 0.211. The van der Waals surface area contributed by atoms with E-state index in [1.807, 2.05) is 12.1 Å². The summed E-state index contributed by atoms with van der Waals surface area (Å²) in [5.41, 5.74) is 1.25. The molecule has 0 heterocycles. The Morgan fingerprint density at radius 2 is 1.96 bits per heavy atom. The number of rotatable bonds is 8. The van der Waals surface area contributed by atoms with Gasteiger partial charge in [-0.2, -0.15) is 0 Å². The van der Waals surface area contributed by atoms with E-state index in [0.29, 0.717) is 24.3 Å². The van der Waals surface area contributed by atoms with Crippen LogP contribution in [-0.4, -0.2) is 31.6 Å². The van der Waals surface area contributed by atoms with Crippen molar-refractivity contribution in [1.29, 1.82) is 0 Å². The highest BCUT2D eigenvalue weighted by atomic mass is 16.6. The number of carbonyl (C=O) groups excluding carboxylic acids is 1. The molecular formula is C19H20N2O5. The Balaban J connectivity index is 1.95. The Kier molecular flexibility index (Phi) is 6.73. The van der Waals surface area contributed by atoms with Crippen LogP contribution in [0.1, 0.15) is 11.1 Å². The van der Waals surface area contributed by atoms with Gasteiger partial charge in [-0.3, -0.25) is 14.9 Å². The van der Waals surface area contributed by atoms with E-state index in [2.05, 4.69) is 5.32 Å². The molecule has 2 rings (SSSR count). The topological polar surface area (TPSA) is 90.7 Å². The Hall–Kier alpha value is -3.35. The molecule has 0 aliphatic rings. The van der Waals surface area contributed by atoms with Crippen molar-refractivity contribution in [1.82, 2.24) is 5.32 Å². The zero-order chi connectivity index (χ0) is 18.9. The molecule has 0 radical (unpaired) electrons. The number of nitrogens with one attached hydrogen (secondary N) is 1. The summed E-state index contributed by atoms with van der Waals surface area (Å²) in [5.74, 6) is 1.10. The maximum Gasteiger partial charge on any atom is 0.276 e. The molecule has 1 N–H and O–H groups in total. The van der Waals surface area contributed by atoms with Crippen molar-refractivity contribution in [3.63, 3.8) is 0 Å². The van der Waals surface area contributed by atoms with Crippen molar-refractivity contribution in [3.8, 4) is 11.5 Å².